The first kappa shape index (κ1) is 16.8. The number of thiazole rings is 1. The third-order valence-corrected chi connectivity index (χ3v) is 4.89. The van der Waals surface area contributed by atoms with E-state index in [1.807, 2.05) is 53.9 Å². The van der Waals surface area contributed by atoms with E-state index in [0.717, 1.165) is 22.0 Å². The third-order valence-electron chi connectivity index (χ3n) is 4.13. The van der Waals surface area contributed by atoms with Crippen LogP contribution in [0.15, 0.2) is 72.1 Å². The molecular weight excluding hydrogens is 356 g/mol. The fourth-order valence-corrected chi connectivity index (χ4v) is 3.45. The molecule has 1 aromatic heterocycles. The van der Waals surface area contributed by atoms with E-state index in [1.54, 1.807) is 18.2 Å². The molecule has 5 nitrogen and oxygen atoms in total. The molecule has 0 aliphatic carbocycles. The van der Waals surface area contributed by atoms with Gasteiger partial charge in [0.2, 0.25) is 5.13 Å². The van der Waals surface area contributed by atoms with Crippen molar-refractivity contribution >= 4 is 33.1 Å². The molecule has 0 radical (unpaired) electrons. The van der Waals surface area contributed by atoms with Gasteiger partial charge in [0.25, 0.3) is 5.91 Å². The predicted octanol–water partition coefficient (Wildman–Crippen LogP) is 4.59. The maximum absolute atomic E-state index is 12.6. The Morgan fingerprint density at radius 1 is 1.00 bits per heavy atom. The number of nitriles is 1. The summed E-state index contributed by atoms with van der Waals surface area (Å²) in [4.78, 5) is 17.0. The number of carbonyl (C=O) groups is 1. The largest absolute Gasteiger partial charge is 0.273 e. The van der Waals surface area contributed by atoms with E-state index >= 15 is 0 Å². The minimum absolute atomic E-state index is 0.220. The van der Waals surface area contributed by atoms with E-state index in [1.165, 1.54) is 11.3 Å². The minimum atomic E-state index is -0.220. The van der Waals surface area contributed by atoms with Crippen molar-refractivity contribution in [3.05, 3.63) is 83.2 Å². The number of nitrogens with zero attached hydrogens (tertiary/aromatic N) is 2. The zero-order valence-corrected chi connectivity index (χ0v) is 15.0. The van der Waals surface area contributed by atoms with E-state index in [2.05, 4.69) is 21.9 Å². The van der Waals surface area contributed by atoms with Gasteiger partial charge in [-0.25, -0.2) is 4.98 Å². The van der Waals surface area contributed by atoms with Crippen molar-refractivity contribution in [2.45, 2.75) is 0 Å². The summed E-state index contributed by atoms with van der Waals surface area (Å²) < 4.78 is 0. The number of carbonyl (C=O) groups excluding carboxylic acids is 1. The van der Waals surface area contributed by atoms with Crippen LogP contribution in [0.4, 0.5) is 5.13 Å². The van der Waals surface area contributed by atoms with E-state index in [9.17, 15) is 4.79 Å². The summed E-state index contributed by atoms with van der Waals surface area (Å²) in [7, 11) is 0. The molecule has 1 heterocycles. The Kier molecular flexibility index (Phi) is 4.52. The molecule has 0 aliphatic heterocycles. The Morgan fingerprint density at radius 2 is 1.78 bits per heavy atom. The Hall–Kier alpha value is -3.69. The van der Waals surface area contributed by atoms with Crippen LogP contribution in [0.3, 0.4) is 0 Å². The number of hydrogen-bond donors (Lipinski definition) is 2. The quantitative estimate of drug-likeness (QED) is 0.515. The number of benzene rings is 3. The fraction of sp³-hybridized carbons (Fsp3) is 0. The molecule has 4 rings (SSSR count). The molecule has 130 valence electrons. The minimum Gasteiger partial charge on any atom is -0.273 e. The predicted molar refractivity (Wildman–Crippen MR) is 107 cm³/mol. The van der Waals surface area contributed by atoms with Crippen LogP contribution >= 0.6 is 11.3 Å². The van der Waals surface area contributed by atoms with Crippen LogP contribution in [0.25, 0.3) is 22.0 Å². The van der Waals surface area contributed by atoms with Crippen molar-refractivity contribution in [2.75, 3.05) is 5.43 Å². The Morgan fingerprint density at radius 3 is 2.59 bits per heavy atom. The van der Waals surface area contributed by atoms with Gasteiger partial charge in [0.1, 0.15) is 0 Å². The highest BCUT2D eigenvalue weighted by atomic mass is 32.1. The van der Waals surface area contributed by atoms with Crippen LogP contribution in [-0.4, -0.2) is 10.9 Å². The summed E-state index contributed by atoms with van der Waals surface area (Å²) in [5.41, 5.74) is 8.49. The van der Waals surface area contributed by atoms with Gasteiger partial charge in [-0.15, -0.1) is 11.3 Å². The number of nitrogens with one attached hydrogen (secondary N) is 2. The Bertz CT molecular complexity index is 1150. The van der Waals surface area contributed by atoms with E-state index in [4.69, 9.17) is 5.26 Å². The fourth-order valence-electron chi connectivity index (χ4n) is 2.78. The van der Waals surface area contributed by atoms with Gasteiger partial charge < -0.3 is 0 Å². The van der Waals surface area contributed by atoms with Gasteiger partial charge in [0.05, 0.1) is 17.3 Å². The van der Waals surface area contributed by atoms with Gasteiger partial charge in [0.15, 0.2) is 0 Å². The zero-order chi connectivity index (χ0) is 18.6. The van der Waals surface area contributed by atoms with E-state index < -0.39 is 0 Å². The van der Waals surface area contributed by atoms with E-state index in [-0.39, 0.29) is 5.91 Å². The average molecular weight is 370 g/mol. The van der Waals surface area contributed by atoms with Crippen molar-refractivity contribution in [3.8, 4) is 17.3 Å². The van der Waals surface area contributed by atoms with Crippen LogP contribution in [-0.2, 0) is 0 Å². The van der Waals surface area contributed by atoms with Crippen LogP contribution < -0.4 is 10.9 Å². The third kappa shape index (κ3) is 3.50. The summed E-state index contributed by atoms with van der Waals surface area (Å²) in [6.07, 6.45) is 0. The Labute approximate surface area is 159 Å². The number of anilines is 1. The normalized spacial score (nSPS) is 10.3. The second-order valence-corrected chi connectivity index (χ2v) is 6.69. The maximum Gasteiger partial charge on any atom is 0.270 e. The van der Waals surface area contributed by atoms with Gasteiger partial charge >= 0.3 is 0 Å². The number of hydrazine groups is 1. The molecule has 3 aromatic carbocycles. The topological polar surface area (TPSA) is 77.8 Å². The maximum atomic E-state index is 12.6. The highest BCUT2D eigenvalue weighted by molar-refractivity contribution is 7.14. The molecule has 0 fully saturated rings. The Balaban J connectivity index is 1.48. The van der Waals surface area contributed by atoms with Crippen LogP contribution in [0.1, 0.15) is 15.9 Å². The smallest absolute Gasteiger partial charge is 0.270 e. The lowest BCUT2D eigenvalue weighted by Gasteiger charge is -2.08. The molecule has 0 atom stereocenters. The zero-order valence-electron chi connectivity index (χ0n) is 14.1. The summed E-state index contributed by atoms with van der Waals surface area (Å²) in [6, 6.07) is 22.7. The molecule has 0 bridgehead atoms. The molecule has 0 saturated carbocycles. The number of hydrogen-bond acceptors (Lipinski definition) is 5. The molecule has 6 heteroatoms. The first-order valence-corrected chi connectivity index (χ1v) is 9.13. The van der Waals surface area contributed by atoms with Crippen molar-refractivity contribution in [1.29, 1.82) is 5.26 Å². The van der Waals surface area contributed by atoms with Gasteiger partial charge in [-0.1, -0.05) is 48.5 Å². The van der Waals surface area contributed by atoms with Gasteiger partial charge in [-0.05, 0) is 29.0 Å². The summed E-state index contributed by atoms with van der Waals surface area (Å²) >= 11 is 1.39. The highest BCUT2D eigenvalue weighted by Gasteiger charge is 2.10. The molecule has 27 heavy (non-hydrogen) atoms. The van der Waals surface area contributed by atoms with Crippen molar-refractivity contribution in [2.24, 2.45) is 0 Å². The lowest BCUT2D eigenvalue weighted by Crippen LogP contribution is -2.29. The molecule has 0 aliphatic rings. The summed E-state index contributed by atoms with van der Waals surface area (Å²) in [5.74, 6) is -0.220. The lowest BCUT2D eigenvalue weighted by atomic mass is 10.0. The summed E-state index contributed by atoms with van der Waals surface area (Å²) in [5, 5.41) is 13.3. The van der Waals surface area contributed by atoms with Crippen molar-refractivity contribution < 1.29 is 4.79 Å². The van der Waals surface area contributed by atoms with E-state index in [0.29, 0.717) is 16.3 Å². The molecule has 1 amide bonds. The number of aromatic nitrogens is 1. The number of rotatable bonds is 4. The number of fused-ring (bicyclic) bond motifs is 1. The second-order valence-electron chi connectivity index (χ2n) is 5.83. The molecule has 4 aromatic rings. The van der Waals surface area contributed by atoms with Gasteiger partial charge in [0, 0.05) is 16.5 Å². The van der Waals surface area contributed by atoms with Gasteiger partial charge in [-0.3, -0.25) is 15.6 Å². The first-order valence-electron chi connectivity index (χ1n) is 8.25. The van der Waals surface area contributed by atoms with Crippen molar-refractivity contribution in [3.63, 3.8) is 0 Å². The highest BCUT2D eigenvalue weighted by Crippen LogP contribution is 2.25. The second kappa shape index (κ2) is 7.28. The van der Waals surface area contributed by atoms with Crippen LogP contribution in [0, 0.1) is 11.3 Å². The lowest BCUT2D eigenvalue weighted by molar-refractivity contribution is 0.0964. The molecule has 0 spiro atoms. The number of amides is 1. The summed E-state index contributed by atoms with van der Waals surface area (Å²) in [6.45, 7) is 0. The van der Waals surface area contributed by atoms with Crippen LogP contribution in [0.2, 0.25) is 0 Å². The SMILES string of the molecule is N#Cc1ccc(-c2csc(NNC(=O)c3cccc4ccccc34)n2)cc1. The average Bonchev–Trinajstić information content (AvgIpc) is 3.20. The first-order chi connectivity index (χ1) is 13.2. The molecule has 0 saturated heterocycles. The monoisotopic (exact) mass is 370 g/mol. The molecule has 2 N–H and O–H groups in total. The molecular formula is C21H14N4OS. The van der Waals surface area contributed by atoms with Crippen LogP contribution in [0.5, 0.6) is 0 Å². The molecule has 0 unspecified atom stereocenters. The van der Waals surface area contributed by atoms with Gasteiger partial charge in [-0.2, -0.15) is 5.26 Å². The standard InChI is InChI=1S/C21H14N4OS/c22-12-14-8-10-16(11-9-14)19-13-27-21(23-19)25-24-20(26)18-7-3-5-15-4-1-2-6-17(15)18/h1-11,13H,(H,23,25)(H,24,26). The van der Waals surface area contributed by atoms with Crippen molar-refractivity contribution in [1.82, 2.24) is 10.4 Å².